The van der Waals surface area contributed by atoms with Crippen LogP contribution in [0.5, 0.6) is 0 Å². The van der Waals surface area contributed by atoms with Gasteiger partial charge in [0.15, 0.2) is 0 Å². The van der Waals surface area contributed by atoms with Crippen LogP contribution in [0.3, 0.4) is 0 Å². The number of hydrogen-bond acceptors (Lipinski definition) is 3. The van der Waals surface area contributed by atoms with Crippen molar-refractivity contribution in [2.45, 2.75) is 24.0 Å². The normalized spacial score (nSPS) is 14.4. The average molecular weight is 300 g/mol. The quantitative estimate of drug-likeness (QED) is 0.866. The second-order valence-corrected chi connectivity index (χ2v) is 5.58. The first kappa shape index (κ1) is 15.5. The van der Waals surface area contributed by atoms with Gasteiger partial charge < -0.3 is 9.67 Å². The highest BCUT2D eigenvalue weighted by Crippen LogP contribution is 2.22. The molecule has 2 N–H and O–H groups in total. The van der Waals surface area contributed by atoms with E-state index in [0.29, 0.717) is 6.92 Å². The molecule has 0 saturated carbocycles. The van der Waals surface area contributed by atoms with Gasteiger partial charge in [0.2, 0.25) is 10.0 Å². The van der Waals surface area contributed by atoms with Crippen LogP contribution in [0.25, 0.3) is 0 Å². The number of carboxylic acid groups (broad SMARTS) is 1. The van der Waals surface area contributed by atoms with E-state index in [2.05, 4.69) is 0 Å². The third-order valence-electron chi connectivity index (χ3n) is 2.33. The van der Waals surface area contributed by atoms with E-state index in [1.165, 1.54) is 11.8 Å². The molecule has 108 valence electrons. The molecule has 0 bridgehead atoms. The van der Waals surface area contributed by atoms with Crippen LogP contribution in [-0.2, 0) is 17.1 Å². The summed E-state index contributed by atoms with van der Waals surface area (Å²) in [4.78, 5) is 10.2. The van der Waals surface area contributed by atoms with Crippen LogP contribution >= 0.6 is 0 Å². The minimum absolute atomic E-state index is 0.347. The van der Waals surface area contributed by atoms with Gasteiger partial charge in [-0.2, -0.15) is 17.9 Å². The summed E-state index contributed by atoms with van der Waals surface area (Å²) in [6, 6.07) is -1.49. The van der Waals surface area contributed by atoms with Crippen LogP contribution in [0.4, 0.5) is 13.2 Å². The van der Waals surface area contributed by atoms with E-state index in [1.807, 2.05) is 0 Å². The molecule has 0 unspecified atom stereocenters. The van der Waals surface area contributed by atoms with Crippen LogP contribution in [-0.4, -0.2) is 36.3 Å². The Balaban J connectivity index is 3.08. The predicted octanol–water partition coefficient (Wildman–Crippen LogP) is 0.952. The number of sulfonamides is 1. The van der Waals surface area contributed by atoms with Gasteiger partial charge >= 0.3 is 12.1 Å². The molecule has 0 aliphatic rings. The molecule has 1 rings (SSSR count). The number of aromatic nitrogens is 1. The number of nitrogens with zero attached hydrogens (tertiary/aromatic N) is 1. The largest absolute Gasteiger partial charge is 0.477 e. The summed E-state index contributed by atoms with van der Waals surface area (Å²) in [5.74, 6) is -1.38. The number of rotatable bonds is 4. The molecular weight excluding hydrogens is 289 g/mol. The molecule has 19 heavy (non-hydrogen) atoms. The van der Waals surface area contributed by atoms with Crippen molar-refractivity contribution in [2.75, 3.05) is 0 Å². The Bertz CT molecular complexity index is 591. The number of halogens is 3. The minimum Gasteiger partial charge on any atom is -0.477 e. The first-order valence-electron chi connectivity index (χ1n) is 4.94. The van der Waals surface area contributed by atoms with Gasteiger partial charge in [-0.25, -0.2) is 13.2 Å². The zero-order valence-electron chi connectivity index (χ0n) is 9.89. The van der Waals surface area contributed by atoms with Crippen LogP contribution in [0.1, 0.15) is 17.4 Å². The van der Waals surface area contributed by atoms with Gasteiger partial charge in [0.1, 0.15) is 16.6 Å². The van der Waals surface area contributed by atoms with E-state index in [0.717, 1.165) is 16.8 Å². The van der Waals surface area contributed by atoms with Crippen molar-refractivity contribution in [3.05, 3.63) is 18.0 Å². The van der Waals surface area contributed by atoms with E-state index >= 15 is 0 Å². The van der Waals surface area contributed by atoms with E-state index in [9.17, 15) is 26.4 Å². The number of aromatic carboxylic acids is 1. The maximum absolute atomic E-state index is 12.3. The molecule has 0 aliphatic heterocycles. The highest BCUT2D eigenvalue weighted by molar-refractivity contribution is 7.89. The van der Waals surface area contributed by atoms with Gasteiger partial charge in [0, 0.05) is 13.2 Å². The van der Waals surface area contributed by atoms with Gasteiger partial charge in [-0.15, -0.1) is 0 Å². The lowest BCUT2D eigenvalue weighted by Gasteiger charge is -2.16. The summed E-state index contributed by atoms with van der Waals surface area (Å²) in [5, 5.41) is 8.74. The molecule has 1 heterocycles. The highest BCUT2D eigenvalue weighted by Gasteiger charge is 2.39. The fourth-order valence-corrected chi connectivity index (χ4v) is 2.56. The molecule has 10 heteroatoms. The zero-order valence-corrected chi connectivity index (χ0v) is 10.7. The molecule has 0 radical (unpaired) electrons. The standard InChI is InChI=1S/C9H11F3N2O4S/c1-5(9(10,11)12)13-19(17,18)6-3-7(8(15)16)14(2)4-6/h3-5,13H,1-2H3,(H,15,16)/t5-/m0/s1. The summed E-state index contributed by atoms with van der Waals surface area (Å²) in [6.45, 7) is 0.651. The van der Waals surface area contributed by atoms with Crippen molar-refractivity contribution in [3.8, 4) is 0 Å². The van der Waals surface area contributed by atoms with Gasteiger partial charge in [-0.05, 0) is 13.0 Å². The van der Waals surface area contributed by atoms with Crippen LogP contribution in [0.2, 0.25) is 0 Å². The Morgan fingerprint density at radius 3 is 2.37 bits per heavy atom. The highest BCUT2D eigenvalue weighted by atomic mass is 32.2. The summed E-state index contributed by atoms with van der Waals surface area (Å²) in [7, 11) is -3.16. The molecule has 6 nitrogen and oxygen atoms in total. The van der Waals surface area contributed by atoms with Crippen molar-refractivity contribution < 1.29 is 31.5 Å². The van der Waals surface area contributed by atoms with Gasteiger partial charge in [-0.3, -0.25) is 0 Å². The van der Waals surface area contributed by atoms with Crippen molar-refractivity contribution >= 4 is 16.0 Å². The van der Waals surface area contributed by atoms with Crippen LogP contribution < -0.4 is 4.72 Å². The molecule has 1 atom stereocenters. The molecule has 0 spiro atoms. The van der Waals surface area contributed by atoms with Crippen molar-refractivity contribution in [3.63, 3.8) is 0 Å². The van der Waals surface area contributed by atoms with Crippen LogP contribution in [0.15, 0.2) is 17.2 Å². The molecular formula is C9H11F3N2O4S. The summed E-state index contributed by atoms with van der Waals surface area (Å²) in [5.41, 5.74) is -0.347. The van der Waals surface area contributed by atoms with Crippen molar-refractivity contribution in [2.24, 2.45) is 7.05 Å². The molecule has 1 aromatic rings. The van der Waals surface area contributed by atoms with Crippen molar-refractivity contribution in [1.82, 2.24) is 9.29 Å². The molecule has 0 fully saturated rings. The lowest BCUT2D eigenvalue weighted by molar-refractivity contribution is -0.147. The summed E-state index contributed by atoms with van der Waals surface area (Å²) in [6.07, 6.45) is -3.80. The number of nitrogens with one attached hydrogen (secondary N) is 1. The number of hydrogen-bond donors (Lipinski definition) is 2. The average Bonchev–Trinajstić information content (AvgIpc) is 2.58. The zero-order chi connectivity index (χ0) is 15.0. The third kappa shape index (κ3) is 3.47. The molecule has 0 saturated heterocycles. The second-order valence-electron chi connectivity index (χ2n) is 3.86. The molecule has 1 aromatic heterocycles. The Hall–Kier alpha value is -1.55. The smallest absolute Gasteiger partial charge is 0.404 e. The number of carbonyl (C=O) groups is 1. The fraction of sp³-hybridized carbons (Fsp3) is 0.444. The Morgan fingerprint density at radius 1 is 1.47 bits per heavy atom. The van der Waals surface area contributed by atoms with Crippen LogP contribution in [0, 0.1) is 0 Å². The van der Waals surface area contributed by atoms with E-state index in [1.54, 1.807) is 0 Å². The first-order valence-corrected chi connectivity index (χ1v) is 6.42. The van der Waals surface area contributed by atoms with Gasteiger partial charge in [-0.1, -0.05) is 0 Å². The summed E-state index contributed by atoms with van der Waals surface area (Å²) < 4.78 is 62.6. The minimum atomic E-state index is -4.72. The monoisotopic (exact) mass is 300 g/mol. The lowest BCUT2D eigenvalue weighted by atomic mass is 10.4. The number of alkyl halides is 3. The number of aryl methyl sites for hydroxylation is 1. The van der Waals surface area contributed by atoms with E-state index in [4.69, 9.17) is 5.11 Å². The number of carboxylic acids is 1. The maximum atomic E-state index is 12.3. The van der Waals surface area contributed by atoms with E-state index < -0.39 is 33.1 Å². The SMILES string of the molecule is C[C@H](NS(=O)(=O)c1cc(C(=O)O)n(C)c1)C(F)(F)F. The van der Waals surface area contributed by atoms with Crippen molar-refractivity contribution in [1.29, 1.82) is 0 Å². The lowest BCUT2D eigenvalue weighted by Crippen LogP contribution is -2.42. The van der Waals surface area contributed by atoms with Gasteiger partial charge in [0.05, 0.1) is 0 Å². The second kappa shape index (κ2) is 4.85. The topological polar surface area (TPSA) is 88.4 Å². The Kier molecular flexibility index (Phi) is 3.96. The third-order valence-corrected chi connectivity index (χ3v) is 3.84. The Labute approximate surface area is 106 Å². The fourth-order valence-electron chi connectivity index (χ4n) is 1.26. The molecule has 0 aliphatic carbocycles. The molecule has 0 aromatic carbocycles. The van der Waals surface area contributed by atoms with Gasteiger partial charge in [0.25, 0.3) is 0 Å². The van der Waals surface area contributed by atoms with E-state index in [-0.39, 0.29) is 5.69 Å². The molecule has 0 amide bonds. The first-order chi connectivity index (χ1) is 8.45. The summed E-state index contributed by atoms with van der Waals surface area (Å²) >= 11 is 0. The maximum Gasteiger partial charge on any atom is 0.404 e. The Morgan fingerprint density at radius 2 is 2.00 bits per heavy atom. The predicted molar refractivity (Wildman–Crippen MR) is 58.2 cm³/mol.